The third-order valence-electron chi connectivity index (χ3n) is 4.59. The van der Waals surface area contributed by atoms with Crippen LogP contribution < -0.4 is 10.6 Å². The fourth-order valence-corrected chi connectivity index (χ4v) is 4.29. The quantitative estimate of drug-likeness (QED) is 0.368. The van der Waals surface area contributed by atoms with E-state index in [1.165, 1.54) is 23.5 Å². The highest BCUT2D eigenvalue weighted by molar-refractivity contribution is 9.11. The SMILES string of the molecule is Cc1ccc(C(=O)NC2CC2)cc1Nc1nc(-c2ccc([N+](=O)[O-])cc2)c(Br)s1. The Morgan fingerprint density at radius 2 is 1.97 bits per heavy atom. The third kappa shape index (κ3) is 4.46. The number of nitrogens with zero attached hydrogens (tertiary/aromatic N) is 2. The minimum absolute atomic E-state index is 0.0374. The number of benzene rings is 2. The Hall–Kier alpha value is -2.78. The van der Waals surface area contributed by atoms with E-state index in [1.54, 1.807) is 12.1 Å². The first kappa shape index (κ1) is 19.5. The van der Waals surface area contributed by atoms with E-state index in [1.807, 2.05) is 25.1 Å². The first-order chi connectivity index (χ1) is 13.9. The van der Waals surface area contributed by atoms with Crippen LogP contribution in [0, 0.1) is 17.0 Å². The lowest BCUT2D eigenvalue weighted by Crippen LogP contribution is -2.25. The summed E-state index contributed by atoms with van der Waals surface area (Å²) >= 11 is 4.94. The highest BCUT2D eigenvalue weighted by Crippen LogP contribution is 2.37. The van der Waals surface area contributed by atoms with Gasteiger partial charge in [-0.2, -0.15) is 0 Å². The normalized spacial score (nSPS) is 13.2. The maximum atomic E-state index is 12.3. The van der Waals surface area contributed by atoms with E-state index < -0.39 is 4.92 Å². The molecule has 0 bridgehead atoms. The summed E-state index contributed by atoms with van der Waals surface area (Å²) in [6.07, 6.45) is 2.09. The molecule has 1 fully saturated rings. The van der Waals surface area contributed by atoms with Crippen LogP contribution >= 0.6 is 27.3 Å². The van der Waals surface area contributed by atoms with Crippen LogP contribution in [-0.2, 0) is 0 Å². The molecule has 7 nitrogen and oxygen atoms in total. The van der Waals surface area contributed by atoms with Crippen molar-refractivity contribution >= 4 is 49.7 Å². The number of anilines is 2. The first-order valence-electron chi connectivity index (χ1n) is 9.00. The summed E-state index contributed by atoms with van der Waals surface area (Å²) in [6.45, 7) is 1.96. The van der Waals surface area contributed by atoms with Crippen molar-refractivity contribution in [3.05, 3.63) is 67.5 Å². The van der Waals surface area contributed by atoms with Gasteiger partial charge in [-0.05, 0) is 65.5 Å². The van der Waals surface area contributed by atoms with Crippen molar-refractivity contribution in [3.8, 4) is 11.3 Å². The zero-order valence-electron chi connectivity index (χ0n) is 15.4. The molecule has 1 aliphatic carbocycles. The molecule has 1 aliphatic rings. The van der Waals surface area contributed by atoms with Crippen LogP contribution in [0.5, 0.6) is 0 Å². The van der Waals surface area contributed by atoms with Gasteiger partial charge in [-0.3, -0.25) is 14.9 Å². The molecule has 1 saturated carbocycles. The number of amides is 1. The number of hydrogen-bond donors (Lipinski definition) is 2. The predicted molar refractivity (Wildman–Crippen MR) is 117 cm³/mol. The Morgan fingerprint density at radius 3 is 2.62 bits per heavy atom. The number of carbonyl (C=O) groups excluding carboxylic acids is 1. The van der Waals surface area contributed by atoms with Crippen molar-refractivity contribution in [1.82, 2.24) is 10.3 Å². The molecule has 0 radical (unpaired) electrons. The summed E-state index contributed by atoms with van der Waals surface area (Å²) in [6, 6.07) is 12.1. The van der Waals surface area contributed by atoms with Gasteiger partial charge in [-0.1, -0.05) is 17.4 Å². The Morgan fingerprint density at radius 1 is 1.24 bits per heavy atom. The average Bonchev–Trinajstić information content (AvgIpc) is 3.44. The second-order valence-corrected chi connectivity index (χ2v) is 9.16. The summed E-state index contributed by atoms with van der Waals surface area (Å²) in [5.74, 6) is -0.0672. The number of aryl methyl sites for hydroxylation is 1. The highest BCUT2D eigenvalue weighted by atomic mass is 79.9. The van der Waals surface area contributed by atoms with E-state index in [0.29, 0.717) is 22.4 Å². The van der Waals surface area contributed by atoms with Gasteiger partial charge in [0.2, 0.25) is 0 Å². The lowest BCUT2D eigenvalue weighted by molar-refractivity contribution is -0.384. The summed E-state index contributed by atoms with van der Waals surface area (Å²) < 4.78 is 0.814. The Bertz CT molecular complexity index is 1090. The van der Waals surface area contributed by atoms with Gasteiger partial charge in [-0.25, -0.2) is 4.98 Å². The Kier molecular flexibility index (Phi) is 5.33. The van der Waals surface area contributed by atoms with E-state index in [0.717, 1.165) is 33.4 Å². The fourth-order valence-electron chi connectivity index (χ4n) is 2.78. The molecule has 2 N–H and O–H groups in total. The minimum atomic E-state index is -0.429. The second kappa shape index (κ2) is 7.92. The van der Waals surface area contributed by atoms with Gasteiger partial charge in [0.05, 0.1) is 14.4 Å². The zero-order chi connectivity index (χ0) is 20.5. The van der Waals surface area contributed by atoms with Crippen molar-refractivity contribution in [2.75, 3.05) is 5.32 Å². The van der Waals surface area contributed by atoms with Crippen LogP contribution in [-0.4, -0.2) is 21.9 Å². The van der Waals surface area contributed by atoms with Crippen LogP contribution in [0.15, 0.2) is 46.3 Å². The Balaban J connectivity index is 1.56. The van der Waals surface area contributed by atoms with Crippen molar-refractivity contribution in [2.45, 2.75) is 25.8 Å². The van der Waals surface area contributed by atoms with Crippen molar-refractivity contribution in [3.63, 3.8) is 0 Å². The topological polar surface area (TPSA) is 97.2 Å². The van der Waals surface area contributed by atoms with E-state index in [-0.39, 0.29) is 11.6 Å². The number of halogens is 1. The molecule has 0 saturated heterocycles. The van der Waals surface area contributed by atoms with Crippen molar-refractivity contribution in [1.29, 1.82) is 0 Å². The lowest BCUT2D eigenvalue weighted by Gasteiger charge is -2.10. The molecule has 1 amide bonds. The van der Waals surface area contributed by atoms with Gasteiger partial charge in [0.15, 0.2) is 5.13 Å². The van der Waals surface area contributed by atoms with Gasteiger partial charge in [-0.15, -0.1) is 0 Å². The van der Waals surface area contributed by atoms with Gasteiger partial charge >= 0.3 is 0 Å². The average molecular weight is 473 g/mol. The summed E-state index contributed by atoms with van der Waals surface area (Å²) in [5, 5.41) is 17.8. The summed E-state index contributed by atoms with van der Waals surface area (Å²) in [5.41, 5.74) is 3.93. The van der Waals surface area contributed by atoms with Crippen LogP contribution in [0.4, 0.5) is 16.5 Å². The van der Waals surface area contributed by atoms with Crippen LogP contribution in [0.25, 0.3) is 11.3 Å². The predicted octanol–water partition coefficient (Wildman–Crippen LogP) is 5.43. The highest BCUT2D eigenvalue weighted by Gasteiger charge is 2.24. The Labute approximate surface area is 179 Å². The number of thiazole rings is 1. The number of nitrogens with one attached hydrogen (secondary N) is 2. The largest absolute Gasteiger partial charge is 0.349 e. The number of aromatic nitrogens is 1. The number of nitro benzene ring substituents is 1. The molecule has 2 aromatic carbocycles. The molecule has 9 heteroatoms. The van der Waals surface area contributed by atoms with Gasteiger partial charge in [0.1, 0.15) is 0 Å². The molecule has 0 atom stereocenters. The molecular formula is C20H17BrN4O3S. The number of non-ortho nitro benzene ring substituents is 1. The number of nitro groups is 1. The van der Waals surface area contributed by atoms with E-state index in [2.05, 4.69) is 31.5 Å². The van der Waals surface area contributed by atoms with E-state index in [9.17, 15) is 14.9 Å². The number of carbonyl (C=O) groups is 1. The molecule has 0 spiro atoms. The second-order valence-electron chi connectivity index (χ2n) is 6.85. The third-order valence-corrected chi connectivity index (χ3v) is 6.21. The summed E-state index contributed by atoms with van der Waals surface area (Å²) in [4.78, 5) is 27.3. The first-order valence-corrected chi connectivity index (χ1v) is 10.6. The van der Waals surface area contributed by atoms with E-state index in [4.69, 9.17) is 0 Å². The molecule has 3 aromatic rings. The lowest BCUT2D eigenvalue weighted by atomic mass is 10.1. The molecule has 148 valence electrons. The van der Waals surface area contributed by atoms with Gasteiger partial charge < -0.3 is 10.6 Å². The van der Waals surface area contributed by atoms with Gasteiger partial charge in [0.25, 0.3) is 11.6 Å². The van der Waals surface area contributed by atoms with Crippen LogP contribution in [0.1, 0.15) is 28.8 Å². The molecule has 0 aliphatic heterocycles. The fraction of sp³-hybridized carbons (Fsp3) is 0.200. The monoisotopic (exact) mass is 472 g/mol. The molecule has 0 unspecified atom stereocenters. The smallest absolute Gasteiger partial charge is 0.269 e. The van der Waals surface area contributed by atoms with Crippen LogP contribution in [0.2, 0.25) is 0 Å². The molecule has 4 rings (SSSR count). The van der Waals surface area contributed by atoms with Crippen LogP contribution in [0.3, 0.4) is 0 Å². The van der Waals surface area contributed by atoms with Crippen molar-refractivity contribution in [2.24, 2.45) is 0 Å². The minimum Gasteiger partial charge on any atom is -0.349 e. The van der Waals surface area contributed by atoms with Crippen molar-refractivity contribution < 1.29 is 9.72 Å². The number of rotatable bonds is 6. The zero-order valence-corrected chi connectivity index (χ0v) is 17.8. The summed E-state index contributed by atoms with van der Waals surface area (Å²) in [7, 11) is 0. The van der Waals surface area contributed by atoms with Gasteiger partial charge in [0, 0.05) is 35.0 Å². The standard InChI is InChI=1S/C20H17BrN4O3S/c1-11-2-3-13(19(26)22-14-6-7-14)10-16(11)23-20-24-17(18(21)29-20)12-4-8-15(9-5-12)25(27)28/h2-5,8-10,14H,6-7H2,1H3,(H,22,26)(H,23,24). The maximum Gasteiger partial charge on any atom is 0.269 e. The molecule has 1 aromatic heterocycles. The molecule has 29 heavy (non-hydrogen) atoms. The molecule has 1 heterocycles. The molecular weight excluding hydrogens is 456 g/mol. The number of hydrogen-bond acceptors (Lipinski definition) is 6. The maximum absolute atomic E-state index is 12.3. The van der Waals surface area contributed by atoms with E-state index >= 15 is 0 Å².